The molecule has 11 heteroatoms. The van der Waals surface area contributed by atoms with Crippen molar-refractivity contribution >= 4 is 38.5 Å². The summed E-state index contributed by atoms with van der Waals surface area (Å²) in [6, 6.07) is 3.71. The Kier molecular flexibility index (Phi) is 5.00. The van der Waals surface area contributed by atoms with E-state index in [0.717, 1.165) is 30.2 Å². The van der Waals surface area contributed by atoms with E-state index in [0.29, 0.717) is 10.2 Å². The standard InChI is InChI=1S/C17H19F3N4O3S/c1-15(2,24-12(25)8-16(21)5-6-16)13(26)23-14-22-10-4-3-9(7-11(10)28-14)27-17(18,19)20/h3-4,7H,5-6,8,21H2,1-2H3,(H,24,25)(H,22,23,26). The van der Waals surface area contributed by atoms with Gasteiger partial charge < -0.3 is 15.8 Å². The van der Waals surface area contributed by atoms with Crippen molar-refractivity contribution < 1.29 is 27.5 Å². The zero-order valence-corrected chi connectivity index (χ0v) is 16.0. The van der Waals surface area contributed by atoms with Gasteiger partial charge in [-0.1, -0.05) is 11.3 Å². The van der Waals surface area contributed by atoms with Crippen LogP contribution in [0, 0.1) is 0 Å². The number of hydrogen-bond donors (Lipinski definition) is 3. The lowest BCUT2D eigenvalue weighted by Crippen LogP contribution is -2.53. The number of aromatic nitrogens is 1. The number of nitrogens with zero attached hydrogens (tertiary/aromatic N) is 1. The summed E-state index contributed by atoms with van der Waals surface area (Å²) in [5.74, 6) is -1.20. The molecule has 1 aliphatic carbocycles. The van der Waals surface area contributed by atoms with E-state index in [9.17, 15) is 22.8 Å². The molecule has 0 unspecified atom stereocenters. The van der Waals surface area contributed by atoms with Crippen molar-refractivity contribution in [1.82, 2.24) is 10.3 Å². The summed E-state index contributed by atoms with van der Waals surface area (Å²) in [7, 11) is 0. The SMILES string of the molecule is CC(C)(NC(=O)CC1(N)CC1)C(=O)Nc1nc2ccc(OC(F)(F)F)cc2s1. The maximum atomic E-state index is 12.5. The van der Waals surface area contributed by atoms with E-state index in [1.807, 2.05) is 0 Å². The highest BCUT2D eigenvalue weighted by Crippen LogP contribution is 2.35. The Hall–Kier alpha value is -2.40. The summed E-state index contributed by atoms with van der Waals surface area (Å²) in [5.41, 5.74) is 4.63. The minimum Gasteiger partial charge on any atom is -0.406 e. The third-order valence-electron chi connectivity index (χ3n) is 4.24. The predicted molar refractivity (Wildman–Crippen MR) is 97.9 cm³/mol. The molecule has 28 heavy (non-hydrogen) atoms. The largest absolute Gasteiger partial charge is 0.573 e. The molecule has 1 saturated carbocycles. The Morgan fingerprint density at radius 1 is 1.32 bits per heavy atom. The van der Waals surface area contributed by atoms with Crippen molar-refractivity contribution in [1.29, 1.82) is 0 Å². The van der Waals surface area contributed by atoms with Crippen LogP contribution in [-0.2, 0) is 9.59 Å². The van der Waals surface area contributed by atoms with Crippen LogP contribution in [0.4, 0.5) is 18.3 Å². The van der Waals surface area contributed by atoms with E-state index in [2.05, 4.69) is 20.4 Å². The van der Waals surface area contributed by atoms with Crippen LogP contribution in [0.3, 0.4) is 0 Å². The van der Waals surface area contributed by atoms with Crippen molar-refractivity contribution in [3.05, 3.63) is 18.2 Å². The molecular weight excluding hydrogens is 397 g/mol. The third kappa shape index (κ3) is 5.10. The monoisotopic (exact) mass is 416 g/mol. The number of ether oxygens (including phenoxy) is 1. The van der Waals surface area contributed by atoms with Gasteiger partial charge in [0.05, 0.1) is 10.2 Å². The second-order valence-corrected chi connectivity index (χ2v) is 8.39. The molecule has 1 aromatic heterocycles. The number of hydrogen-bond acceptors (Lipinski definition) is 6. The van der Waals surface area contributed by atoms with Gasteiger partial charge in [0, 0.05) is 18.0 Å². The number of benzene rings is 1. The number of amides is 2. The van der Waals surface area contributed by atoms with Crippen LogP contribution in [0.1, 0.15) is 33.1 Å². The minimum atomic E-state index is -4.79. The highest BCUT2D eigenvalue weighted by Gasteiger charge is 2.41. The molecule has 1 heterocycles. The normalized spacial score (nSPS) is 15.9. The van der Waals surface area contributed by atoms with Gasteiger partial charge in [0.1, 0.15) is 11.3 Å². The molecule has 7 nitrogen and oxygen atoms in total. The number of thiazole rings is 1. The predicted octanol–water partition coefficient (Wildman–Crippen LogP) is 2.91. The number of alkyl halides is 3. The first kappa shape index (κ1) is 20.3. The fourth-order valence-electron chi connectivity index (χ4n) is 2.52. The van der Waals surface area contributed by atoms with Crippen LogP contribution in [0.25, 0.3) is 10.2 Å². The van der Waals surface area contributed by atoms with Crippen LogP contribution >= 0.6 is 11.3 Å². The molecule has 1 aliphatic rings. The topological polar surface area (TPSA) is 106 Å². The van der Waals surface area contributed by atoms with Gasteiger partial charge in [-0.05, 0) is 38.8 Å². The average Bonchev–Trinajstić information content (AvgIpc) is 3.10. The number of halogens is 3. The molecule has 0 atom stereocenters. The van der Waals surface area contributed by atoms with E-state index in [1.165, 1.54) is 12.1 Å². The Balaban J connectivity index is 1.67. The molecule has 4 N–H and O–H groups in total. The van der Waals surface area contributed by atoms with Crippen molar-refractivity contribution in [2.45, 2.75) is 50.6 Å². The van der Waals surface area contributed by atoms with Gasteiger partial charge in [0.2, 0.25) is 5.91 Å². The number of rotatable bonds is 6. The van der Waals surface area contributed by atoms with Gasteiger partial charge in [-0.15, -0.1) is 13.2 Å². The van der Waals surface area contributed by atoms with Crippen LogP contribution < -0.4 is 21.1 Å². The van der Waals surface area contributed by atoms with Crippen molar-refractivity contribution in [3.63, 3.8) is 0 Å². The quantitative estimate of drug-likeness (QED) is 0.671. The Bertz CT molecular complexity index is 922. The molecule has 152 valence electrons. The molecule has 0 aliphatic heterocycles. The summed E-state index contributed by atoms with van der Waals surface area (Å²) in [5, 5.41) is 5.42. The van der Waals surface area contributed by atoms with Crippen LogP contribution in [-0.4, -0.2) is 34.2 Å². The second kappa shape index (κ2) is 6.89. The van der Waals surface area contributed by atoms with Gasteiger partial charge >= 0.3 is 6.36 Å². The summed E-state index contributed by atoms with van der Waals surface area (Å²) in [6.07, 6.45) is -3.09. The number of nitrogens with one attached hydrogen (secondary N) is 2. The van der Waals surface area contributed by atoms with Gasteiger partial charge in [0.25, 0.3) is 5.91 Å². The lowest BCUT2D eigenvalue weighted by atomic mass is 10.0. The molecule has 0 bridgehead atoms. The molecule has 0 spiro atoms. The highest BCUT2D eigenvalue weighted by molar-refractivity contribution is 7.22. The third-order valence-corrected chi connectivity index (χ3v) is 5.17. The van der Waals surface area contributed by atoms with Crippen molar-refractivity contribution in [2.24, 2.45) is 5.73 Å². The Morgan fingerprint density at radius 3 is 2.61 bits per heavy atom. The van der Waals surface area contributed by atoms with Crippen LogP contribution in [0.15, 0.2) is 18.2 Å². The molecular formula is C17H19F3N4O3S. The maximum absolute atomic E-state index is 12.5. The average molecular weight is 416 g/mol. The first-order chi connectivity index (χ1) is 12.9. The molecule has 1 fully saturated rings. The first-order valence-corrected chi connectivity index (χ1v) is 9.25. The van der Waals surface area contributed by atoms with E-state index >= 15 is 0 Å². The van der Waals surface area contributed by atoms with Crippen molar-refractivity contribution in [2.75, 3.05) is 5.32 Å². The lowest BCUT2D eigenvalue weighted by molar-refractivity contribution is -0.274. The summed E-state index contributed by atoms with van der Waals surface area (Å²) in [6.45, 7) is 3.08. The van der Waals surface area contributed by atoms with E-state index in [-0.39, 0.29) is 23.2 Å². The number of carbonyl (C=O) groups is 2. The van der Waals surface area contributed by atoms with E-state index in [4.69, 9.17) is 5.73 Å². The Morgan fingerprint density at radius 2 is 2.00 bits per heavy atom. The molecule has 1 aromatic carbocycles. The zero-order valence-electron chi connectivity index (χ0n) is 15.1. The Labute approximate surface area is 162 Å². The van der Waals surface area contributed by atoms with E-state index < -0.39 is 23.3 Å². The molecule has 0 saturated heterocycles. The second-order valence-electron chi connectivity index (χ2n) is 7.36. The van der Waals surface area contributed by atoms with Gasteiger partial charge in [-0.2, -0.15) is 0 Å². The summed E-state index contributed by atoms with van der Waals surface area (Å²) < 4.78 is 41.3. The van der Waals surface area contributed by atoms with E-state index in [1.54, 1.807) is 13.8 Å². The number of carbonyl (C=O) groups excluding carboxylic acids is 2. The van der Waals surface area contributed by atoms with Gasteiger partial charge in [0.15, 0.2) is 5.13 Å². The summed E-state index contributed by atoms with van der Waals surface area (Å²) in [4.78, 5) is 28.8. The molecule has 2 aromatic rings. The molecule has 3 rings (SSSR count). The molecule has 0 radical (unpaired) electrons. The first-order valence-electron chi connectivity index (χ1n) is 8.43. The smallest absolute Gasteiger partial charge is 0.406 e. The number of anilines is 1. The molecule has 2 amide bonds. The zero-order chi connectivity index (χ0) is 20.7. The van der Waals surface area contributed by atoms with Crippen LogP contribution in [0.2, 0.25) is 0 Å². The van der Waals surface area contributed by atoms with Crippen molar-refractivity contribution in [3.8, 4) is 5.75 Å². The summed E-state index contributed by atoms with van der Waals surface area (Å²) >= 11 is 0.998. The fourth-order valence-corrected chi connectivity index (χ4v) is 3.40. The highest BCUT2D eigenvalue weighted by atomic mass is 32.1. The van der Waals surface area contributed by atoms with Crippen LogP contribution in [0.5, 0.6) is 5.75 Å². The number of fused-ring (bicyclic) bond motifs is 1. The maximum Gasteiger partial charge on any atom is 0.573 e. The van der Waals surface area contributed by atoms with Gasteiger partial charge in [-0.3, -0.25) is 14.9 Å². The lowest BCUT2D eigenvalue weighted by Gasteiger charge is -2.25. The fraction of sp³-hybridized carbons (Fsp3) is 0.471. The number of nitrogens with two attached hydrogens (primary N) is 1. The van der Waals surface area contributed by atoms with Gasteiger partial charge in [-0.25, -0.2) is 4.98 Å². The minimum absolute atomic E-state index is 0.146.